The highest BCUT2D eigenvalue weighted by Crippen LogP contribution is 2.18. The topological polar surface area (TPSA) is 47.0 Å². The highest BCUT2D eigenvalue weighted by Gasteiger charge is 2.13. The summed E-state index contributed by atoms with van der Waals surface area (Å²) in [7, 11) is 0. The molecule has 0 aliphatic carbocycles. The molecule has 4 nitrogen and oxygen atoms in total. The van der Waals surface area contributed by atoms with E-state index >= 15 is 0 Å². The van der Waals surface area contributed by atoms with Crippen LogP contribution in [0.3, 0.4) is 0 Å². The number of nitrogens with one attached hydrogen (secondary N) is 1. The molecule has 17 heavy (non-hydrogen) atoms. The van der Waals surface area contributed by atoms with Gasteiger partial charge in [0.1, 0.15) is 12.1 Å². The van der Waals surface area contributed by atoms with Crippen LogP contribution in [0.1, 0.15) is 40.5 Å². The molecule has 0 fully saturated rings. The molecular weight excluding hydrogens is 214 g/mol. The predicted molar refractivity (Wildman–Crippen MR) is 70.4 cm³/mol. The summed E-state index contributed by atoms with van der Waals surface area (Å²) in [6.45, 7) is 9.20. The summed E-state index contributed by atoms with van der Waals surface area (Å²) in [4.78, 5) is 8.26. The van der Waals surface area contributed by atoms with E-state index in [9.17, 15) is 0 Å². The molecule has 1 aromatic heterocycles. The second kappa shape index (κ2) is 7.09. The van der Waals surface area contributed by atoms with Gasteiger partial charge in [-0.15, -0.1) is 0 Å². The first-order chi connectivity index (χ1) is 8.21. The molecular formula is C13H23N3O. The normalized spacial score (nSPS) is 12.5. The van der Waals surface area contributed by atoms with Gasteiger partial charge in [0.15, 0.2) is 0 Å². The van der Waals surface area contributed by atoms with Crippen LogP contribution in [-0.4, -0.2) is 22.6 Å². The SMILES string of the molecule is CCOc1cc(NC(C)C(CC)CC)ncn1. The first kappa shape index (κ1) is 13.7. The zero-order valence-corrected chi connectivity index (χ0v) is 11.2. The Morgan fingerprint density at radius 1 is 1.24 bits per heavy atom. The smallest absolute Gasteiger partial charge is 0.218 e. The third-order valence-corrected chi connectivity index (χ3v) is 3.07. The number of aromatic nitrogens is 2. The average Bonchev–Trinajstić information content (AvgIpc) is 2.31. The van der Waals surface area contributed by atoms with Gasteiger partial charge in [-0.05, 0) is 19.8 Å². The number of hydrogen-bond donors (Lipinski definition) is 1. The lowest BCUT2D eigenvalue weighted by atomic mass is 9.95. The number of nitrogens with zero attached hydrogens (tertiary/aromatic N) is 2. The zero-order valence-electron chi connectivity index (χ0n) is 11.2. The minimum Gasteiger partial charge on any atom is -0.478 e. The van der Waals surface area contributed by atoms with Gasteiger partial charge in [0.25, 0.3) is 0 Å². The first-order valence-electron chi connectivity index (χ1n) is 6.42. The molecule has 0 saturated carbocycles. The molecule has 1 aromatic rings. The van der Waals surface area contributed by atoms with Gasteiger partial charge in [0, 0.05) is 12.1 Å². The molecule has 0 aliphatic rings. The summed E-state index contributed by atoms with van der Waals surface area (Å²) in [5.41, 5.74) is 0. The molecule has 1 rings (SSSR count). The number of anilines is 1. The average molecular weight is 237 g/mol. The van der Waals surface area contributed by atoms with Crippen molar-refractivity contribution in [2.75, 3.05) is 11.9 Å². The maximum absolute atomic E-state index is 5.35. The molecule has 96 valence electrons. The van der Waals surface area contributed by atoms with Crippen LogP contribution in [0.15, 0.2) is 12.4 Å². The Hall–Kier alpha value is -1.32. The highest BCUT2D eigenvalue weighted by molar-refractivity contribution is 5.38. The Bertz CT molecular complexity index is 326. The van der Waals surface area contributed by atoms with Gasteiger partial charge in [-0.1, -0.05) is 26.7 Å². The van der Waals surface area contributed by atoms with Crippen LogP contribution in [0.4, 0.5) is 5.82 Å². The van der Waals surface area contributed by atoms with Gasteiger partial charge in [0.05, 0.1) is 6.61 Å². The summed E-state index contributed by atoms with van der Waals surface area (Å²) in [6, 6.07) is 2.26. The Morgan fingerprint density at radius 2 is 1.94 bits per heavy atom. The van der Waals surface area contributed by atoms with Gasteiger partial charge < -0.3 is 10.1 Å². The van der Waals surface area contributed by atoms with E-state index in [1.807, 2.05) is 13.0 Å². The van der Waals surface area contributed by atoms with E-state index in [1.165, 1.54) is 19.2 Å². The fraction of sp³-hybridized carbons (Fsp3) is 0.692. The number of ether oxygens (including phenoxy) is 1. The summed E-state index contributed by atoms with van der Waals surface area (Å²) < 4.78 is 5.35. The van der Waals surface area contributed by atoms with Crippen molar-refractivity contribution < 1.29 is 4.74 Å². The van der Waals surface area contributed by atoms with E-state index in [2.05, 4.69) is 36.1 Å². The Morgan fingerprint density at radius 3 is 2.53 bits per heavy atom. The molecule has 0 bridgehead atoms. The second-order valence-electron chi connectivity index (χ2n) is 4.18. The lowest BCUT2D eigenvalue weighted by molar-refractivity contribution is 0.326. The van der Waals surface area contributed by atoms with Gasteiger partial charge in [-0.3, -0.25) is 0 Å². The van der Waals surface area contributed by atoms with Crippen LogP contribution in [0.5, 0.6) is 5.88 Å². The molecule has 1 atom stereocenters. The fourth-order valence-corrected chi connectivity index (χ4v) is 1.99. The third-order valence-electron chi connectivity index (χ3n) is 3.07. The first-order valence-corrected chi connectivity index (χ1v) is 6.42. The van der Waals surface area contributed by atoms with Gasteiger partial charge >= 0.3 is 0 Å². The van der Waals surface area contributed by atoms with Crippen molar-refractivity contribution in [1.82, 2.24) is 9.97 Å². The van der Waals surface area contributed by atoms with E-state index in [0.717, 1.165) is 5.82 Å². The number of hydrogen-bond acceptors (Lipinski definition) is 4. The monoisotopic (exact) mass is 237 g/mol. The number of rotatable bonds is 7. The summed E-state index contributed by atoms with van der Waals surface area (Å²) in [5.74, 6) is 2.13. The van der Waals surface area contributed by atoms with Gasteiger partial charge in [-0.25, -0.2) is 9.97 Å². The standard InChI is InChI=1S/C13H23N3O/c1-5-11(6-2)10(4)16-12-8-13(17-7-3)15-9-14-12/h8-11H,5-7H2,1-4H3,(H,14,15,16). The molecule has 0 spiro atoms. The zero-order chi connectivity index (χ0) is 12.7. The van der Waals surface area contributed by atoms with E-state index in [1.54, 1.807) is 0 Å². The van der Waals surface area contributed by atoms with Gasteiger partial charge in [0.2, 0.25) is 5.88 Å². The molecule has 0 saturated heterocycles. The van der Waals surface area contributed by atoms with E-state index in [0.29, 0.717) is 24.4 Å². The van der Waals surface area contributed by atoms with Gasteiger partial charge in [-0.2, -0.15) is 0 Å². The van der Waals surface area contributed by atoms with E-state index in [-0.39, 0.29) is 0 Å². The third kappa shape index (κ3) is 4.21. The minimum absolute atomic E-state index is 0.411. The Labute approximate surface area is 104 Å². The molecule has 1 unspecified atom stereocenters. The van der Waals surface area contributed by atoms with Crippen molar-refractivity contribution in [3.63, 3.8) is 0 Å². The van der Waals surface area contributed by atoms with Crippen LogP contribution in [0.25, 0.3) is 0 Å². The van der Waals surface area contributed by atoms with E-state index in [4.69, 9.17) is 4.74 Å². The van der Waals surface area contributed by atoms with Crippen LogP contribution >= 0.6 is 0 Å². The molecule has 0 aromatic carbocycles. The largest absolute Gasteiger partial charge is 0.478 e. The summed E-state index contributed by atoms with van der Waals surface area (Å²) in [6.07, 6.45) is 3.88. The Kier molecular flexibility index (Phi) is 5.73. The Balaban J connectivity index is 2.63. The van der Waals surface area contributed by atoms with Crippen LogP contribution in [0, 0.1) is 5.92 Å². The van der Waals surface area contributed by atoms with Crippen molar-refractivity contribution in [3.8, 4) is 5.88 Å². The van der Waals surface area contributed by atoms with Crippen LogP contribution in [0.2, 0.25) is 0 Å². The molecule has 0 amide bonds. The second-order valence-corrected chi connectivity index (χ2v) is 4.18. The molecule has 1 heterocycles. The van der Waals surface area contributed by atoms with Crippen molar-refractivity contribution >= 4 is 5.82 Å². The van der Waals surface area contributed by atoms with Crippen molar-refractivity contribution in [3.05, 3.63) is 12.4 Å². The van der Waals surface area contributed by atoms with E-state index < -0.39 is 0 Å². The lowest BCUT2D eigenvalue weighted by Crippen LogP contribution is -2.25. The molecule has 0 aliphatic heterocycles. The molecule has 0 radical (unpaired) electrons. The lowest BCUT2D eigenvalue weighted by Gasteiger charge is -2.22. The fourth-order valence-electron chi connectivity index (χ4n) is 1.99. The maximum atomic E-state index is 5.35. The van der Waals surface area contributed by atoms with Crippen molar-refractivity contribution in [2.45, 2.75) is 46.6 Å². The van der Waals surface area contributed by atoms with Crippen molar-refractivity contribution in [1.29, 1.82) is 0 Å². The summed E-state index contributed by atoms with van der Waals surface area (Å²) in [5, 5.41) is 3.41. The van der Waals surface area contributed by atoms with Crippen LogP contribution in [-0.2, 0) is 0 Å². The minimum atomic E-state index is 0.411. The maximum Gasteiger partial charge on any atom is 0.218 e. The quantitative estimate of drug-likeness (QED) is 0.791. The van der Waals surface area contributed by atoms with Crippen molar-refractivity contribution in [2.24, 2.45) is 5.92 Å². The van der Waals surface area contributed by atoms with Crippen LogP contribution < -0.4 is 10.1 Å². The molecule has 1 N–H and O–H groups in total. The predicted octanol–water partition coefficient (Wildman–Crippen LogP) is 3.11. The highest BCUT2D eigenvalue weighted by atomic mass is 16.5. The molecule has 4 heteroatoms. The summed E-state index contributed by atoms with van der Waals surface area (Å²) >= 11 is 0.